The minimum Gasteiger partial charge on any atom is -0.338 e. The van der Waals surface area contributed by atoms with E-state index in [2.05, 4.69) is 47.6 Å². The summed E-state index contributed by atoms with van der Waals surface area (Å²) in [4.78, 5) is 14.6. The Labute approximate surface area is 166 Å². The number of amides is 2. The number of carbonyl (C=O) groups is 1. The molecule has 0 aromatic heterocycles. The van der Waals surface area contributed by atoms with E-state index in [9.17, 15) is 4.79 Å². The number of rotatable bonds is 5. The number of hydrogen-bond donors (Lipinski definition) is 2. The minimum atomic E-state index is -0.171. The first-order valence-electron chi connectivity index (χ1n) is 9.58. The number of nitrogens with zero attached hydrogens (tertiary/aromatic N) is 1. The summed E-state index contributed by atoms with van der Waals surface area (Å²) in [5.74, 6) is 0.532. The molecule has 0 aliphatic carbocycles. The Morgan fingerprint density at radius 1 is 1.15 bits per heavy atom. The van der Waals surface area contributed by atoms with E-state index >= 15 is 0 Å². The zero-order chi connectivity index (χ0) is 19.2. The summed E-state index contributed by atoms with van der Waals surface area (Å²) >= 11 is 5.94. The SMILES string of the molecule is Cc1ccc(C)c(CN2CCC(CNC(=O)Nc3cccc(Cl)c3)CC2)c1. The lowest BCUT2D eigenvalue weighted by Crippen LogP contribution is -2.39. The number of nitrogens with one attached hydrogen (secondary N) is 2. The molecule has 27 heavy (non-hydrogen) atoms. The van der Waals surface area contributed by atoms with Gasteiger partial charge in [0.1, 0.15) is 0 Å². The summed E-state index contributed by atoms with van der Waals surface area (Å²) in [5.41, 5.74) is 4.82. The van der Waals surface area contributed by atoms with Crippen LogP contribution in [0.2, 0.25) is 5.02 Å². The van der Waals surface area contributed by atoms with Crippen LogP contribution >= 0.6 is 11.6 Å². The summed E-state index contributed by atoms with van der Waals surface area (Å²) in [6.45, 7) is 8.22. The third-order valence-corrected chi connectivity index (χ3v) is 5.47. The van der Waals surface area contributed by atoms with Gasteiger partial charge in [0.05, 0.1) is 0 Å². The second kappa shape index (κ2) is 9.25. The molecule has 2 aromatic carbocycles. The van der Waals surface area contributed by atoms with E-state index in [1.165, 1.54) is 16.7 Å². The summed E-state index contributed by atoms with van der Waals surface area (Å²) in [6.07, 6.45) is 2.23. The number of benzene rings is 2. The molecule has 0 saturated carbocycles. The highest BCUT2D eigenvalue weighted by Crippen LogP contribution is 2.20. The molecule has 2 N–H and O–H groups in total. The molecule has 144 valence electrons. The molecule has 3 rings (SSSR count). The van der Waals surface area contributed by atoms with Crippen molar-refractivity contribution in [3.63, 3.8) is 0 Å². The van der Waals surface area contributed by atoms with Crippen LogP contribution in [0.3, 0.4) is 0 Å². The maximum absolute atomic E-state index is 12.1. The van der Waals surface area contributed by atoms with Gasteiger partial charge in [0.2, 0.25) is 0 Å². The number of hydrogen-bond acceptors (Lipinski definition) is 2. The van der Waals surface area contributed by atoms with Crippen molar-refractivity contribution in [3.05, 3.63) is 64.2 Å². The summed E-state index contributed by atoms with van der Waals surface area (Å²) < 4.78 is 0. The van der Waals surface area contributed by atoms with Crippen molar-refractivity contribution in [2.75, 3.05) is 25.0 Å². The van der Waals surface area contributed by atoms with Crippen molar-refractivity contribution in [2.24, 2.45) is 5.92 Å². The van der Waals surface area contributed by atoms with Crippen LogP contribution in [0.4, 0.5) is 10.5 Å². The number of halogens is 1. The second-order valence-corrected chi connectivity index (χ2v) is 7.93. The van der Waals surface area contributed by atoms with Crippen molar-refractivity contribution >= 4 is 23.3 Å². The van der Waals surface area contributed by atoms with E-state index in [1.807, 2.05) is 12.1 Å². The topological polar surface area (TPSA) is 44.4 Å². The average Bonchev–Trinajstić information content (AvgIpc) is 2.64. The van der Waals surface area contributed by atoms with Gasteiger partial charge in [-0.1, -0.05) is 41.4 Å². The third-order valence-electron chi connectivity index (χ3n) is 5.24. The van der Waals surface area contributed by atoms with Gasteiger partial charge in [0, 0.05) is 23.8 Å². The van der Waals surface area contributed by atoms with E-state index in [4.69, 9.17) is 11.6 Å². The van der Waals surface area contributed by atoms with E-state index in [1.54, 1.807) is 12.1 Å². The van der Waals surface area contributed by atoms with Crippen molar-refractivity contribution < 1.29 is 4.79 Å². The van der Waals surface area contributed by atoms with Crippen LogP contribution in [0, 0.1) is 19.8 Å². The molecule has 0 radical (unpaired) electrons. The van der Waals surface area contributed by atoms with E-state index in [0.717, 1.165) is 32.5 Å². The van der Waals surface area contributed by atoms with Gasteiger partial charge in [-0.2, -0.15) is 0 Å². The normalized spacial score (nSPS) is 15.5. The minimum absolute atomic E-state index is 0.171. The average molecular weight is 386 g/mol. The molecule has 2 amide bonds. The number of likely N-dealkylation sites (tertiary alicyclic amines) is 1. The Morgan fingerprint density at radius 2 is 1.93 bits per heavy atom. The summed E-state index contributed by atoms with van der Waals surface area (Å²) in [5, 5.41) is 6.43. The molecule has 1 aliphatic rings. The maximum atomic E-state index is 12.1. The molecule has 1 fully saturated rings. The molecule has 0 unspecified atom stereocenters. The Balaban J connectivity index is 1.40. The quantitative estimate of drug-likeness (QED) is 0.761. The van der Waals surface area contributed by atoms with Gasteiger partial charge in [0.25, 0.3) is 0 Å². The van der Waals surface area contributed by atoms with Crippen LogP contribution in [0.25, 0.3) is 0 Å². The Morgan fingerprint density at radius 3 is 2.67 bits per heavy atom. The largest absolute Gasteiger partial charge is 0.338 e. The summed E-state index contributed by atoms with van der Waals surface area (Å²) in [7, 11) is 0. The molecule has 5 heteroatoms. The number of piperidine rings is 1. The van der Waals surface area contributed by atoms with Crippen molar-refractivity contribution in [3.8, 4) is 0 Å². The molecule has 1 aliphatic heterocycles. The highest BCUT2D eigenvalue weighted by atomic mass is 35.5. The fourth-order valence-electron chi connectivity index (χ4n) is 3.54. The first-order chi connectivity index (χ1) is 13.0. The lowest BCUT2D eigenvalue weighted by Gasteiger charge is -2.32. The molecule has 1 heterocycles. The van der Waals surface area contributed by atoms with Crippen LogP contribution in [-0.2, 0) is 6.54 Å². The number of carbonyl (C=O) groups excluding carboxylic acids is 1. The van der Waals surface area contributed by atoms with E-state index < -0.39 is 0 Å². The molecule has 4 nitrogen and oxygen atoms in total. The number of aryl methyl sites for hydroxylation is 2. The van der Waals surface area contributed by atoms with Crippen LogP contribution in [0.5, 0.6) is 0 Å². The smallest absolute Gasteiger partial charge is 0.319 e. The van der Waals surface area contributed by atoms with Crippen molar-refractivity contribution in [2.45, 2.75) is 33.2 Å². The zero-order valence-electron chi connectivity index (χ0n) is 16.1. The molecular formula is C22H28ClN3O. The fourth-order valence-corrected chi connectivity index (χ4v) is 3.73. The Kier molecular flexibility index (Phi) is 6.75. The van der Waals surface area contributed by atoms with Gasteiger partial charge in [0.15, 0.2) is 0 Å². The highest BCUT2D eigenvalue weighted by Gasteiger charge is 2.20. The highest BCUT2D eigenvalue weighted by molar-refractivity contribution is 6.30. The molecule has 0 atom stereocenters. The van der Waals surface area contributed by atoms with Crippen molar-refractivity contribution in [1.82, 2.24) is 10.2 Å². The standard InChI is InChI=1S/C22H28ClN3O/c1-16-6-7-17(2)19(12-16)15-26-10-8-18(9-11-26)14-24-22(27)25-21-5-3-4-20(23)13-21/h3-7,12-13,18H,8-11,14-15H2,1-2H3,(H2,24,25,27). The van der Waals surface area contributed by atoms with E-state index in [0.29, 0.717) is 23.2 Å². The molecule has 0 bridgehead atoms. The fraction of sp³-hybridized carbons (Fsp3) is 0.409. The van der Waals surface area contributed by atoms with Gasteiger partial charge in [-0.3, -0.25) is 4.90 Å². The van der Waals surface area contributed by atoms with Gasteiger partial charge < -0.3 is 10.6 Å². The first-order valence-corrected chi connectivity index (χ1v) is 9.96. The lowest BCUT2D eigenvalue weighted by atomic mass is 9.96. The molecule has 2 aromatic rings. The Hall–Kier alpha value is -2.04. The zero-order valence-corrected chi connectivity index (χ0v) is 16.9. The molecule has 0 spiro atoms. The van der Waals surface area contributed by atoms with Gasteiger partial charge in [-0.25, -0.2) is 4.79 Å². The second-order valence-electron chi connectivity index (χ2n) is 7.49. The molecule has 1 saturated heterocycles. The first kappa shape index (κ1) is 19.7. The van der Waals surface area contributed by atoms with Crippen LogP contribution < -0.4 is 10.6 Å². The molecular weight excluding hydrogens is 358 g/mol. The summed E-state index contributed by atoms with van der Waals surface area (Å²) in [6, 6.07) is 13.7. The lowest BCUT2D eigenvalue weighted by molar-refractivity contribution is 0.175. The van der Waals surface area contributed by atoms with Gasteiger partial charge >= 0.3 is 6.03 Å². The predicted octanol–water partition coefficient (Wildman–Crippen LogP) is 4.99. The predicted molar refractivity (Wildman–Crippen MR) is 112 cm³/mol. The third kappa shape index (κ3) is 5.98. The van der Waals surface area contributed by atoms with E-state index in [-0.39, 0.29) is 6.03 Å². The van der Waals surface area contributed by atoms with Crippen molar-refractivity contribution in [1.29, 1.82) is 0 Å². The number of urea groups is 1. The van der Waals surface area contributed by atoms with Crippen LogP contribution in [0.15, 0.2) is 42.5 Å². The Bertz CT molecular complexity index is 785. The van der Waals surface area contributed by atoms with Crippen LogP contribution in [-0.4, -0.2) is 30.6 Å². The van der Waals surface area contributed by atoms with Gasteiger partial charge in [-0.15, -0.1) is 0 Å². The monoisotopic (exact) mass is 385 g/mol. The van der Waals surface area contributed by atoms with Crippen LogP contribution in [0.1, 0.15) is 29.5 Å². The maximum Gasteiger partial charge on any atom is 0.319 e. The number of anilines is 1. The van der Waals surface area contributed by atoms with Gasteiger partial charge in [-0.05, 0) is 75.0 Å².